The van der Waals surface area contributed by atoms with Crippen LogP contribution in [-0.4, -0.2) is 20.0 Å². The van der Waals surface area contributed by atoms with Crippen molar-refractivity contribution in [2.24, 2.45) is 0 Å². The Hall–Kier alpha value is -2.50. The van der Waals surface area contributed by atoms with E-state index in [0.29, 0.717) is 11.3 Å². The molecule has 0 aliphatic heterocycles. The summed E-state index contributed by atoms with van der Waals surface area (Å²) in [7, 11) is 0. The molecule has 0 saturated carbocycles. The predicted molar refractivity (Wildman–Crippen MR) is 96.3 cm³/mol. The van der Waals surface area contributed by atoms with Gasteiger partial charge in [-0.05, 0) is 18.8 Å². The van der Waals surface area contributed by atoms with Crippen LogP contribution >= 0.6 is 0 Å². The van der Waals surface area contributed by atoms with Gasteiger partial charge in [0.2, 0.25) is 5.43 Å². The maximum absolute atomic E-state index is 11.2. The fourth-order valence-electron chi connectivity index (χ4n) is 1.88. The summed E-state index contributed by atoms with van der Waals surface area (Å²) >= 11 is 0. The van der Waals surface area contributed by atoms with Crippen LogP contribution in [0.25, 0.3) is 0 Å². The van der Waals surface area contributed by atoms with Crippen LogP contribution in [0, 0.1) is 6.92 Å². The molecule has 0 unspecified atom stereocenters. The van der Waals surface area contributed by atoms with Crippen LogP contribution in [0.3, 0.4) is 0 Å². The summed E-state index contributed by atoms with van der Waals surface area (Å²) in [6, 6.07) is 2.89. The van der Waals surface area contributed by atoms with Crippen LogP contribution in [-0.2, 0) is 0 Å². The van der Waals surface area contributed by atoms with Gasteiger partial charge in [0.25, 0.3) is 0 Å². The Morgan fingerprint density at radius 2 is 1.62 bits per heavy atom. The topological polar surface area (TPSA) is 95.3 Å². The molecule has 0 atom stereocenters. The molecule has 0 aliphatic carbocycles. The Morgan fingerprint density at radius 3 is 2.08 bits per heavy atom. The van der Waals surface area contributed by atoms with Gasteiger partial charge in [-0.2, -0.15) is 4.73 Å². The standard InChI is InChI=1S/C9H13NO2.C8H11NO2.CH4/c1-6(2)8-4-9(11)7(3)5-10(8)12;1-5(2)6-3-7(10)8(11)4-9-6;/h4-6,12H,1-3H3;3-5,11H,1-2H3,(H,9,10);1H4. The molecule has 2 heterocycles. The first-order valence-electron chi connectivity index (χ1n) is 7.47. The van der Waals surface area contributed by atoms with E-state index >= 15 is 0 Å². The van der Waals surface area contributed by atoms with Crippen molar-refractivity contribution in [3.05, 3.63) is 61.9 Å². The first-order valence-corrected chi connectivity index (χ1v) is 7.47. The first-order chi connectivity index (χ1) is 10.6. The quantitative estimate of drug-likeness (QED) is 0.733. The molecule has 0 aliphatic rings. The van der Waals surface area contributed by atoms with Crippen molar-refractivity contribution in [1.82, 2.24) is 9.71 Å². The third-order valence-electron chi connectivity index (χ3n) is 3.38. The largest absolute Gasteiger partial charge is 0.503 e. The van der Waals surface area contributed by atoms with Crippen LogP contribution in [0.15, 0.2) is 34.1 Å². The highest BCUT2D eigenvalue weighted by Gasteiger charge is 2.06. The van der Waals surface area contributed by atoms with Gasteiger partial charge in [0.05, 0.1) is 11.9 Å². The molecule has 0 spiro atoms. The average Bonchev–Trinajstić information content (AvgIpc) is 2.46. The summed E-state index contributed by atoms with van der Waals surface area (Å²) in [6.45, 7) is 9.48. The van der Waals surface area contributed by atoms with Crippen molar-refractivity contribution in [3.63, 3.8) is 0 Å². The number of H-pyrrole nitrogens is 1. The van der Waals surface area contributed by atoms with E-state index in [1.165, 1.54) is 24.5 Å². The number of hydrogen-bond acceptors (Lipinski definition) is 4. The Kier molecular flexibility index (Phi) is 8.02. The number of hydrogen-bond donors (Lipinski definition) is 3. The van der Waals surface area contributed by atoms with E-state index < -0.39 is 0 Å². The summed E-state index contributed by atoms with van der Waals surface area (Å²) in [5.41, 5.74) is 1.69. The van der Waals surface area contributed by atoms with Crippen molar-refractivity contribution in [1.29, 1.82) is 0 Å². The van der Waals surface area contributed by atoms with Crippen LogP contribution in [0.2, 0.25) is 0 Å². The fourth-order valence-corrected chi connectivity index (χ4v) is 1.88. The molecule has 0 radical (unpaired) electrons. The summed E-state index contributed by atoms with van der Waals surface area (Å²) < 4.78 is 1.02. The molecule has 0 amide bonds. The van der Waals surface area contributed by atoms with E-state index in [1.807, 2.05) is 27.7 Å². The third kappa shape index (κ3) is 5.61. The maximum Gasteiger partial charge on any atom is 0.223 e. The second-order valence-electron chi connectivity index (χ2n) is 6.04. The number of aryl methyl sites for hydroxylation is 1. The zero-order valence-electron chi connectivity index (χ0n) is 14.1. The van der Waals surface area contributed by atoms with Gasteiger partial charge in [-0.1, -0.05) is 35.1 Å². The van der Waals surface area contributed by atoms with Crippen molar-refractivity contribution in [3.8, 4) is 5.75 Å². The lowest BCUT2D eigenvalue weighted by atomic mass is 10.1. The van der Waals surface area contributed by atoms with Gasteiger partial charge in [0.1, 0.15) is 0 Å². The number of aromatic nitrogens is 2. The molecule has 6 nitrogen and oxygen atoms in total. The molecule has 2 rings (SSSR count). The van der Waals surface area contributed by atoms with Gasteiger partial charge in [0, 0.05) is 29.6 Å². The molecule has 0 saturated heterocycles. The zero-order valence-corrected chi connectivity index (χ0v) is 14.1. The molecule has 24 heavy (non-hydrogen) atoms. The highest BCUT2D eigenvalue weighted by Crippen LogP contribution is 2.11. The third-order valence-corrected chi connectivity index (χ3v) is 3.38. The molecule has 2 aromatic rings. The molecule has 6 heteroatoms. The summed E-state index contributed by atoms with van der Waals surface area (Å²) in [5, 5.41) is 18.2. The van der Waals surface area contributed by atoms with E-state index in [9.17, 15) is 14.8 Å². The first kappa shape index (κ1) is 21.5. The van der Waals surface area contributed by atoms with Gasteiger partial charge < -0.3 is 15.3 Å². The Labute approximate surface area is 142 Å². The van der Waals surface area contributed by atoms with Crippen molar-refractivity contribution in [2.75, 3.05) is 0 Å². The molecule has 0 fully saturated rings. The minimum Gasteiger partial charge on any atom is -0.503 e. The monoisotopic (exact) mass is 336 g/mol. The van der Waals surface area contributed by atoms with Gasteiger partial charge >= 0.3 is 0 Å². The van der Waals surface area contributed by atoms with Crippen molar-refractivity contribution in [2.45, 2.75) is 53.9 Å². The maximum atomic E-state index is 11.2. The van der Waals surface area contributed by atoms with Crippen molar-refractivity contribution >= 4 is 0 Å². The van der Waals surface area contributed by atoms with Gasteiger partial charge in [-0.25, -0.2) is 0 Å². The van der Waals surface area contributed by atoms with E-state index in [4.69, 9.17) is 5.11 Å². The van der Waals surface area contributed by atoms with Crippen LogP contribution in [0.5, 0.6) is 5.75 Å². The van der Waals surface area contributed by atoms with Gasteiger partial charge in [-0.3, -0.25) is 9.59 Å². The molecule has 0 aromatic carbocycles. The number of aromatic hydroxyl groups is 1. The molecule has 134 valence electrons. The summed E-state index contributed by atoms with van der Waals surface area (Å²) in [6.07, 6.45) is 2.76. The lowest BCUT2D eigenvalue weighted by Crippen LogP contribution is -2.13. The highest BCUT2D eigenvalue weighted by atomic mass is 16.5. The zero-order chi connectivity index (χ0) is 17.7. The van der Waals surface area contributed by atoms with E-state index in [-0.39, 0.29) is 35.9 Å². The molecular formula is C18H28N2O4. The minimum atomic E-state index is -0.326. The normalized spacial score (nSPS) is 10.1. The SMILES string of the molecule is C.CC(C)c1cc(=O)c(O)c[nH]1.Cc1cn(O)c(C(C)C)cc1=O. The van der Waals surface area contributed by atoms with E-state index in [2.05, 4.69) is 4.98 Å². The van der Waals surface area contributed by atoms with Crippen molar-refractivity contribution < 1.29 is 10.3 Å². The van der Waals surface area contributed by atoms with Gasteiger partial charge in [0.15, 0.2) is 11.2 Å². The Morgan fingerprint density at radius 1 is 1.04 bits per heavy atom. The van der Waals surface area contributed by atoms with Crippen LogP contribution in [0.1, 0.15) is 63.9 Å². The lowest BCUT2D eigenvalue weighted by Gasteiger charge is -2.09. The summed E-state index contributed by atoms with van der Waals surface area (Å²) in [4.78, 5) is 24.9. The Balaban J connectivity index is 0.000000425. The van der Waals surface area contributed by atoms with E-state index in [1.54, 1.807) is 6.92 Å². The molecule has 2 aromatic heterocycles. The smallest absolute Gasteiger partial charge is 0.223 e. The number of nitrogens with one attached hydrogen (secondary N) is 1. The second kappa shape index (κ2) is 8.96. The fraction of sp³-hybridized carbons (Fsp3) is 0.444. The number of aromatic amines is 1. The number of nitrogens with zero attached hydrogens (tertiary/aromatic N) is 1. The van der Waals surface area contributed by atoms with Crippen LogP contribution < -0.4 is 10.9 Å². The number of rotatable bonds is 2. The number of pyridine rings is 2. The predicted octanol–water partition coefficient (Wildman–Crippen LogP) is 3.36. The van der Waals surface area contributed by atoms with E-state index in [0.717, 1.165) is 10.4 Å². The lowest BCUT2D eigenvalue weighted by molar-refractivity contribution is 0.171. The molecule has 0 bridgehead atoms. The highest BCUT2D eigenvalue weighted by molar-refractivity contribution is 5.20. The Bertz CT molecular complexity index is 773. The average molecular weight is 336 g/mol. The van der Waals surface area contributed by atoms with Gasteiger partial charge in [-0.15, -0.1) is 0 Å². The summed E-state index contributed by atoms with van der Waals surface area (Å²) in [5.74, 6) is 0.209. The molecular weight excluding hydrogens is 308 g/mol. The minimum absolute atomic E-state index is 0. The second-order valence-corrected chi connectivity index (χ2v) is 6.04. The van der Waals surface area contributed by atoms with Crippen LogP contribution in [0.4, 0.5) is 0 Å². The molecule has 3 N–H and O–H groups in total.